The molecule has 0 unspecified atom stereocenters. The Balaban J connectivity index is 1.47. The van der Waals surface area contributed by atoms with Crippen molar-refractivity contribution in [2.75, 3.05) is 11.1 Å². The second-order valence-corrected chi connectivity index (χ2v) is 7.40. The number of hydrogen-bond acceptors (Lipinski definition) is 6. The number of nitrogens with one attached hydrogen (secondary N) is 1. The summed E-state index contributed by atoms with van der Waals surface area (Å²) in [6, 6.07) is 8.22. The lowest BCUT2D eigenvalue weighted by Crippen LogP contribution is -2.31. The Labute approximate surface area is 165 Å². The van der Waals surface area contributed by atoms with Gasteiger partial charge in [-0.3, -0.25) is 4.98 Å². The monoisotopic (exact) mass is 377 g/mol. The molecule has 0 radical (unpaired) electrons. The summed E-state index contributed by atoms with van der Waals surface area (Å²) in [6.07, 6.45) is 8.60. The molecule has 0 spiro atoms. The predicted molar refractivity (Wildman–Crippen MR) is 113 cm³/mol. The number of nitrogens with zero attached hydrogens (tertiary/aromatic N) is 3. The molecule has 2 heterocycles. The van der Waals surface area contributed by atoms with Gasteiger partial charge in [-0.1, -0.05) is 13.0 Å². The number of pyridine rings is 1. The highest BCUT2D eigenvalue weighted by Gasteiger charge is 2.24. The Kier molecular flexibility index (Phi) is 5.28. The first-order valence-corrected chi connectivity index (χ1v) is 10.0. The quantitative estimate of drug-likeness (QED) is 0.690. The van der Waals surface area contributed by atoms with Gasteiger partial charge in [-0.15, -0.1) is 0 Å². The van der Waals surface area contributed by atoms with E-state index in [9.17, 15) is 0 Å². The lowest BCUT2D eigenvalue weighted by atomic mass is 9.93. The molecule has 28 heavy (non-hydrogen) atoms. The number of rotatable bonds is 5. The van der Waals surface area contributed by atoms with Crippen molar-refractivity contribution in [3.8, 4) is 5.75 Å². The van der Waals surface area contributed by atoms with Crippen molar-refractivity contribution in [2.45, 2.75) is 58.1 Å². The van der Waals surface area contributed by atoms with E-state index in [0.717, 1.165) is 65.7 Å². The zero-order valence-electron chi connectivity index (χ0n) is 16.5. The maximum Gasteiger partial charge on any atom is 0.222 e. The number of fused-ring (bicyclic) bond motifs is 1. The summed E-state index contributed by atoms with van der Waals surface area (Å²) < 4.78 is 6.41. The zero-order valence-corrected chi connectivity index (χ0v) is 16.5. The summed E-state index contributed by atoms with van der Waals surface area (Å²) in [5, 5.41) is 4.36. The molecule has 2 aromatic heterocycles. The summed E-state index contributed by atoms with van der Waals surface area (Å²) in [7, 11) is 0. The molecule has 0 bridgehead atoms. The standard InChI is InChI=1S/C22H27N5O/c1-3-17-14(2)26-18-6-4-7-19(20(18)21(17)23)28-16-10-8-15(9-11-16)27-22-24-12-5-13-25-22/h4-7,12-13,15-16H,3,8-11H2,1-2H3,(H2,23,26)(H,24,25,27)/t15-,16-. The maximum absolute atomic E-state index is 6.50. The fourth-order valence-corrected chi connectivity index (χ4v) is 4.08. The summed E-state index contributed by atoms with van der Waals surface area (Å²) in [6.45, 7) is 4.13. The molecule has 1 aromatic carbocycles. The molecular weight excluding hydrogens is 350 g/mol. The van der Waals surface area contributed by atoms with Gasteiger partial charge in [0.15, 0.2) is 0 Å². The Morgan fingerprint density at radius 2 is 1.86 bits per heavy atom. The van der Waals surface area contributed by atoms with Crippen molar-refractivity contribution in [1.29, 1.82) is 0 Å². The third kappa shape index (κ3) is 3.72. The van der Waals surface area contributed by atoms with E-state index in [1.807, 2.05) is 31.2 Å². The molecule has 6 heteroatoms. The van der Waals surface area contributed by atoms with Crippen LogP contribution in [0.2, 0.25) is 0 Å². The Hall–Kier alpha value is -2.89. The third-order valence-corrected chi connectivity index (χ3v) is 5.54. The summed E-state index contributed by atoms with van der Waals surface area (Å²) >= 11 is 0. The van der Waals surface area contributed by atoms with E-state index in [0.29, 0.717) is 12.0 Å². The molecule has 0 aliphatic heterocycles. The number of nitrogen functional groups attached to an aromatic ring is 1. The van der Waals surface area contributed by atoms with Crippen LogP contribution >= 0.6 is 0 Å². The molecule has 1 fully saturated rings. The molecular formula is C22H27N5O. The van der Waals surface area contributed by atoms with Crippen molar-refractivity contribution in [3.63, 3.8) is 0 Å². The largest absolute Gasteiger partial charge is 0.490 e. The first-order chi connectivity index (χ1) is 13.7. The number of hydrogen-bond donors (Lipinski definition) is 2. The molecule has 0 saturated heterocycles. The fraction of sp³-hybridized carbons (Fsp3) is 0.409. The average Bonchev–Trinajstić information content (AvgIpc) is 2.70. The van der Waals surface area contributed by atoms with Crippen molar-refractivity contribution in [3.05, 3.63) is 47.9 Å². The van der Waals surface area contributed by atoms with Crippen LogP contribution in [0.1, 0.15) is 43.9 Å². The van der Waals surface area contributed by atoms with Crippen LogP contribution in [0.25, 0.3) is 10.9 Å². The Bertz CT molecular complexity index is 952. The summed E-state index contributed by atoms with van der Waals surface area (Å²) in [5.41, 5.74) is 10.3. The van der Waals surface area contributed by atoms with Crippen molar-refractivity contribution in [1.82, 2.24) is 15.0 Å². The SMILES string of the molecule is CCc1c(C)nc2cccc(O[C@H]3CC[C@H](Nc4ncccn4)CC3)c2c1N. The van der Waals surface area contributed by atoms with Gasteiger partial charge in [0.05, 0.1) is 17.0 Å². The maximum atomic E-state index is 6.50. The van der Waals surface area contributed by atoms with Gasteiger partial charge >= 0.3 is 0 Å². The zero-order chi connectivity index (χ0) is 19.5. The lowest BCUT2D eigenvalue weighted by Gasteiger charge is -2.30. The van der Waals surface area contributed by atoms with E-state index in [1.165, 1.54) is 0 Å². The van der Waals surface area contributed by atoms with Crippen LogP contribution in [-0.4, -0.2) is 27.1 Å². The highest BCUT2D eigenvalue weighted by atomic mass is 16.5. The van der Waals surface area contributed by atoms with Gasteiger partial charge in [0.2, 0.25) is 5.95 Å². The first-order valence-electron chi connectivity index (χ1n) is 10.0. The van der Waals surface area contributed by atoms with Crippen LogP contribution in [0, 0.1) is 6.92 Å². The van der Waals surface area contributed by atoms with Crippen LogP contribution < -0.4 is 15.8 Å². The molecule has 1 saturated carbocycles. The van der Waals surface area contributed by atoms with Gasteiger partial charge < -0.3 is 15.8 Å². The van der Waals surface area contributed by atoms with Crippen molar-refractivity contribution in [2.24, 2.45) is 0 Å². The molecule has 146 valence electrons. The van der Waals surface area contributed by atoms with E-state index in [2.05, 4.69) is 22.2 Å². The normalized spacial score (nSPS) is 19.5. The number of anilines is 2. The molecule has 3 N–H and O–H groups in total. The molecule has 0 atom stereocenters. The van der Waals surface area contributed by atoms with Crippen LogP contribution in [0.4, 0.5) is 11.6 Å². The van der Waals surface area contributed by atoms with E-state index >= 15 is 0 Å². The minimum Gasteiger partial charge on any atom is -0.490 e. The Morgan fingerprint density at radius 1 is 1.11 bits per heavy atom. The number of nitrogens with two attached hydrogens (primary N) is 1. The molecule has 6 nitrogen and oxygen atoms in total. The van der Waals surface area contributed by atoms with E-state index < -0.39 is 0 Å². The molecule has 3 aromatic rings. The number of aromatic nitrogens is 3. The van der Waals surface area contributed by atoms with E-state index in [1.54, 1.807) is 12.4 Å². The molecule has 4 rings (SSSR count). The van der Waals surface area contributed by atoms with Crippen LogP contribution in [0.15, 0.2) is 36.7 Å². The van der Waals surface area contributed by atoms with Gasteiger partial charge in [-0.25, -0.2) is 9.97 Å². The minimum absolute atomic E-state index is 0.186. The van der Waals surface area contributed by atoms with Crippen LogP contribution in [0.3, 0.4) is 0 Å². The van der Waals surface area contributed by atoms with Gasteiger partial charge in [0.1, 0.15) is 5.75 Å². The van der Waals surface area contributed by atoms with E-state index in [-0.39, 0.29) is 6.10 Å². The highest BCUT2D eigenvalue weighted by Crippen LogP contribution is 2.35. The molecule has 0 amide bonds. The summed E-state index contributed by atoms with van der Waals surface area (Å²) in [4.78, 5) is 13.2. The van der Waals surface area contributed by atoms with Gasteiger partial charge in [-0.2, -0.15) is 0 Å². The van der Waals surface area contributed by atoms with Crippen LogP contribution in [-0.2, 0) is 6.42 Å². The fourth-order valence-electron chi connectivity index (χ4n) is 4.08. The average molecular weight is 377 g/mol. The summed E-state index contributed by atoms with van der Waals surface area (Å²) in [5.74, 6) is 1.54. The highest BCUT2D eigenvalue weighted by molar-refractivity contribution is 5.97. The first kappa shape index (κ1) is 18.5. The van der Waals surface area contributed by atoms with Crippen LogP contribution in [0.5, 0.6) is 5.75 Å². The predicted octanol–water partition coefficient (Wildman–Crippen LogP) is 4.28. The number of aryl methyl sites for hydroxylation is 1. The van der Waals surface area contributed by atoms with Crippen molar-refractivity contribution >= 4 is 22.5 Å². The number of ether oxygens (including phenoxy) is 1. The van der Waals surface area contributed by atoms with Gasteiger partial charge in [0.25, 0.3) is 0 Å². The van der Waals surface area contributed by atoms with E-state index in [4.69, 9.17) is 15.5 Å². The second-order valence-electron chi connectivity index (χ2n) is 7.40. The molecule has 1 aliphatic carbocycles. The third-order valence-electron chi connectivity index (χ3n) is 5.54. The topological polar surface area (TPSA) is 86.0 Å². The Morgan fingerprint density at radius 3 is 2.57 bits per heavy atom. The smallest absolute Gasteiger partial charge is 0.222 e. The van der Waals surface area contributed by atoms with Gasteiger partial charge in [-0.05, 0) is 62.8 Å². The van der Waals surface area contributed by atoms with Gasteiger partial charge in [0, 0.05) is 29.8 Å². The molecule has 1 aliphatic rings. The number of benzene rings is 1. The van der Waals surface area contributed by atoms with Crippen molar-refractivity contribution < 1.29 is 4.74 Å². The second kappa shape index (κ2) is 8.00. The minimum atomic E-state index is 0.186. The lowest BCUT2D eigenvalue weighted by molar-refractivity contribution is 0.152.